The van der Waals surface area contributed by atoms with Crippen LogP contribution in [0.4, 0.5) is 0 Å². The highest BCUT2D eigenvalue weighted by Gasteiger charge is 2.22. The monoisotopic (exact) mass is 251 g/mol. The summed E-state index contributed by atoms with van der Waals surface area (Å²) in [5.41, 5.74) is 0. The Labute approximate surface area is 105 Å². The van der Waals surface area contributed by atoms with Gasteiger partial charge in [-0.1, -0.05) is 0 Å². The lowest BCUT2D eigenvalue weighted by Gasteiger charge is -2.26. The van der Waals surface area contributed by atoms with Crippen molar-refractivity contribution in [2.75, 3.05) is 26.2 Å². The van der Waals surface area contributed by atoms with Gasteiger partial charge in [-0.25, -0.2) is 4.98 Å². The van der Waals surface area contributed by atoms with Crippen LogP contribution in [-0.2, 0) is 23.2 Å². The minimum Gasteiger partial charge on any atom is -0.341 e. The number of rotatable bonds is 2. The summed E-state index contributed by atoms with van der Waals surface area (Å²) in [4.78, 5) is 29.1. The van der Waals surface area contributed by atoms with E-state index in [0.29, 0.717) is 13.1 Å². The Hall–Kier alpha value is -1.89. The average molecular weight is 251 g/mol. The van der Waals surface area contributed by atoms with Gasteiger partial charge in [0, 0.05) is 45.6 Å². The molecule has 0 aliphatic carbocycles. The molecule has 98 valence electrons. The lowest BCUT2D eigenvalue weighted by Crippen LogP contribution is -2.51. The van der Waals surface area contributed by atoms with Gasteiger partial charge in [0.05, 0.1) is 6.54 Å². The van der Waals surface area contributed by atoms with Crippen LogP contribution in [0.5, 0.6) is 0 Å². The minimum absolute atomic E-state index is 0.264. The molecule has 0 unspecified atom stereocenters. The molecule has 1 fully saturated rings. The van der Waals surface area contributed by atoms with Gasteiger partial charge >= 0.3 is 11.8 Å². The zero-order chi connectivity index (χ0) is 13.0. The van der Waals surface area contributed by atoms with Gasteiger partial charge in [0.15, 0.2) is 0 Å². The SMILES string of the molecule is Cn1ccnc1CNC(=O)C(=O)N1CCNCC1. The third-order valence-corrected chi connectivity index (χ3v) is 2.93. The smallest absolute Gasteiger partial charge is 0.311 e. The molecule has 0 atom stereocenters. The summed E-state index contributed by atoms with van der Waals surface area (Å²) in [6, 6.07) is 0. The Morgan fingerprint density at radius 2 is 2.17 bits per heavy atom. The number of carbonyl (C=O) groups excluding carboxylic acids is 2. The van der Waals surface area contributed by atoms with Gasteiger partial charge in [-0.3, -0.25) is 9.59 Å². The first-order valence-electron chi connectivity index (χ1n) is 5.92. The number of nitrogens with one attached hydrogen (secondary N) is 2. The molecular weight excluding hydrogens is 234 g/mol. The highest BCUT2D eigenvalue weighted by Crippen LogP contribution is 1.96. The Bertz CT molecular complexity index is 436. The van der Waals surface area contributed by atoms with E-state index in [1.807, 2.05) is 7.05 Å². The first kappa shape index (κ1) is 12.6. The van der Waals surface area contributed by atoms with Crippen molar-refractivity contribution < 1.29 is 9.59 Å². The van der Waals surface area contributed by atoms with Crippen LogP contribution < -0.4 is 10.6 Å². The third kappa shape index (κ3) is 2.86. The van der Waals surface area contributed by atoms with Crippen molar-refractivity contribution in [1.82, 2.24) is 25.1 Å². The molecule has 1 aromatic rings. The van der Waals surface area contributed by atoms with Crippen LogP contribution in [0, 0.1) is 0 Å². The summed E-state index contributed by atoms with van der Waals surface area (Å²) in [6.07, 6.45) is 3.44. The van der Waals surface area contributed by atoms with Gasteiger partial charge in [-0.05, 0) is 0 Å². The highest BCUT2D eigenvalue weighted by atomic mass is 16.2. The number of piperazine rings is 1. The van der Waals surface area contributed by atoms with Gasteiger partial charge in [0.25, 0.3) is 0 Å². The molecule has 1 aliphatic rings. The second-order valence-electron chi connectivity index (χ2n) is 4.18. The molecule has 1 aromatic heterocycles. The molecule has 1 aliphatic heterocycles. The zero-order valence-corrected chi connectivity index (χ0v) is 10.3. The molecule has 1 saturated heterocycles. The topological polar surface area (TPSA) is 79.3 Å². The summed E-state index contributed by atoms with van der Waals surface area (Å²) in [7, 11) is 1.84. The van der Waals surface area contributed by atoms with Crippen molar-refractivity contribution >= 4 is 11.8 Å². The van der Waals surface area contributed by atoms with E-state index in [4.69, 9.17) is 0 Å². The molecule has 0 aromatic carbocycles. The number of carbonyl (C=O) groups is 2. The van der Waals surface area contributed by atoms with Crippen LogP contribution in [0.15, 0.2) is 12.4 Å². The Morgan fingerprint density at radius 1 is 1.44 bits per heavy atom. The standard InChI is InChI=1S/C11H17N5O2/c1-15-5-4-13-9(15)8-14-10(17)11(18)16-6-2-12-3-7-16/h4-5,12H,2-3,6-8H2,1H3,(H,14,17). The summed E-state index contributed by atoms with van der Waals surface area (Å²) in [5, 5.41) is 5.72. The minimum atomic E-state index is -0.570. The van der Waals surface area contributed by atoms with Crippen molar-refractivity contribution in [1.29, 1.82) is 0 Å². The fourth-order valence-corrected chi connectivity index (χ4v) is 1.81. The number of hydrogen-bond donors (Lipinski definition) is 2. The molecule has 2 rings (SSSR count). The highest BCUT2D eigenvalue weighted by molar-refractivity contribution is 6.34. The number of imidazole rings is 1. The average Bonchev–Trinajstić information content (AvgIpc) is 2.81. The number of amides is 2. The second kappa shape index (κ2) is 5.63. The first-order valence-corrected chi connectivity index (χ1v) is 5.92. The molecule has 0 radical (unpaired) electrons. The molecule has 2 heterocycles. The van der Waals surface area contributed by atoms with E-state index in [-0.39, 0.29) is 6.54 Å². The normalized spacial score (nSPS) is 15.5. The Morgan fingerprint density at radius 3 is 2.78 bits per heavy atom. The van der Waals surface area contributed by atoms with Crippen molar-refractivity contribution in [3.8, 4) is 0 Å². The lowest BCUT2D eigenvalue weighted by molar-refractivity contribution is -0.146. The van der Waals surface area contributed by atoms with E-state index < -0.39 is 11.8 Å². The third-order valence-electron chi connectivity index (χ3n) is 2.93. The van der Waals surface area contributed by atoms with Gasteiger partial charge < -0.3 is 20.1 Å². The largest absolute Gasteiger partial charge is 0.341 e. The van der Waals surface area contributed by atoms with Gasteiger partial charge in [-0.2, -0.15) is 0 Å². The van der Waals surface area contributed by atoms with Crippen LogP contribution in [0.2, 0.25) is 0 Å². The van der Waals surface area contributed by atoms with Gasteiger partial charge in [-0.15, -0.1) is 0 Å². The van der Waals surface area contributed by atoms with E-state index >= 15 is 0 Å². The van der Waals surface area contributed by atoms with Crippen LogP contribution in [0.25, 0.3) is 0 Å². The summed E-state index contributed by atoms with van der Waals surface area (Å²) in [6.45, 7) is 2.89. The molecule has 2 N–H and O–H groups in total. The van der Waals surface area contributed by atoms with Crippen LogP contribution in [-0.4, -0.2) is 52.4 Å². The molecule has 7 heteroatoms. The van der Waals surface area contributed by atoms with Gasteiger partial charge in [0.2, 0.25) is 0 Å². The molecule has 7 nitrogen and oxygen atoms in total. The summed E-state index contributed by atoms with van der Waals surface area (Å²) >= 11 is 0. The lowest BCUT2D eigenvalue weighted by atomic mass is 10.3. The maximum Gasteiger partial charge on any atom is 0.311 e. The van der Waals surface area contributed by atoms with Crippen molar-refractivity contribution in [2.24, 2.45) is 7.05 Å². The maximum atomic E-state index is 11.8. The summed E-state index contributed by atoms with van der Waals surface area (Å²) in [5.74, 6) is -0.318. The fraction of sp³-hybridized carbons (Fsp3) is 0.545. The number of nitrogens with zero attached hydrogens (tertiary/aromatic N) is 3. The molecule has 0 saturated carbocycles. The van der Waals surface area contributed by atoms with E-state index in [2.05, 4.69) is 15.6 Å². The Kier molecular flexibility index (Phi) is 3.93. The van der Waals surface area contributed by atoms with Crippen molar-refractivity contribution in [3.05, 3.63) is 18.2 Å². The first-order chi connectivity index (χ1) is 8.68. The quantitative estimate of drug-likeness (QED) is 0.625. The molecule has 2 amide bonds. The fourth-order valence-electron chi connectivity index (χ4n) is 1.81. The molecule has 0 spiro atoms. The second-order valence-corrected chi connectivity index (χ2v) is 4.18. The van der Waals surface area contributed by atoms with Gasteiger partial charge in [0.1, 0.15) is 5.82 Å². The van der Waals surface area contributed by atoms with E-state index in [9.17, 15) is 9.59 Å². The number of aryl methyl sites for hydroxylation is 1. The van der Waals surface area contributed by atoms with Crippen molar-refractivity contribution in [2.45, 2.75) is 6.54 Å². The maximum absolute atomic E-state index is 11.8. The van der Waals surface area contributed by atoms with Crippen LogP contribution in [0.3, 0.4) is 0 Å². The van der Waals surface area contributed by atoms with E-state index in [0.717, 1.165) is 18.9 Å². The van der Waals surface area contributed by atoms with Crippen LogP contribution >= 0.6 is 0 Å². The van der Waals surface area contributed by atoms with E-state index in [1.165, 1.54) is 0 Å². The summed E-state index contributed by atoms with van der Waals surface area (Å²) < 4.78 is 1.80. The molecular formula is C11H17N5O2. The number of hydrogen-bond acceptors (Lipinski definition) is 4. The number of aromatic nitrogens is 2. The zero-order valence-electron chi connectivity index (χ0n) is 10.3. The predicted octanol–water partition coefficient (Wildman–Crippen LogP) is -1.53. The molecule has 0 bridgehead atoms. The predicted molar refractivity (Wildman–Crippen MR) is 64.5 cm³/mol. The van der Waals surface area contributed by atoms with E-state index in [1.54, 1.807) is 21.9 Å². The molecule has 18 heavy (non-hydrogen) atoms. The van der Waals surface area contributed by atoms with Crippen LogP contribution in [0.1, 0.15) is 5.82 Å². The Balaban J connectivity index is 1.84. The van der Waals surface area contributed by atoms with Crippen molar-refractivity contribution in [3.63, 3.8) is 0 Å².